The van der Waals surface area contributed by atoms with Crippen LogP contribution < -0.4 is 0 Å². The number of nitrogens with zero attached hydrogens (tertiary/aromatic N) is 2. The smallest absolute Gasteiger partial charge is 0.356 e. The standard InChI is InChI=1S/C14H20N2O3/c1-9-3-2-6-16-12(9)11(14(17)18)15-13(16)10-4-7-19-8-5-10/h9-10H,2-8H2,1H3,(H,17,18). The highest BCUT2D eigenvalue weighted by atomic mass is 16.5. The molecule has 3 heterocycles. The Kier molecular flexibility index (Phi) is 3.31. The normalized spacial score (nSPS) is 24.2. The lowest BCUT2D eigenvalue weighted by atomic mass is 9.95. The van der Waals surface area contributed by atoms with Gasteiger partial charge in [-0.15, -0.1) is 0 Å². The third kappa shape index (κ3) is 2.16. The van der Waals surface area contributed by atoms with Gasteiger partial charge < -0.3 is 14.4 Å². The van der Waals surface area contributed by atoms with Gasteiger partial charge in [-0.25, -0.2) is 9.78 Å². The fraction of sp³-hybridized carbons (Fsp3) is 0.714. The number of hydrogen-bond donors (Lipinski definition) is 1. The van der Waals surface area contributed by atoms with Crippen LogP contribution in [0, 0.1) is 0 Å². The Morgan fingerprint density at radius 2 is 2.11 bits per heavy atom. The monoisotopic (exact) mass is 264 g/mol. The van der Waals surface area contributed by atoms with Gasteiger partial charge >= 0.3 is 5.97 Å². The van der Waals surface area contributed by atoms with E-state index >= 15 is 0 Å². The van der Waals surface area contributed by atoms with E-state index in [2.05, 4.69) is 16.5 Å². The summed E-state index contributed by atoms with van der Waals surface area (Å²) in [5.74, 6) is 0.727. The first kappa shape index (κ1) is 12.7. The molecule has 2 aliphatic heterocycles. The van der Waals surface area contributed by atoms with Crippen LogP contribution in [-0.4, -0.2) is 33.8 Å². The predicted octanol–water partition coefficient (Wildman–Crippen LogP) is 2.37. The highest BCUT2D eigenvalue weighted by molar-refractivity contribution is 5.87. The number of carboxylic acid groups (broad SMARTS) is 1. The second-order valence-electron chi connectivity index (χ2n) is 5.59. The summed E-state index contributed by atoms with van der Waals surface area (Å²) >= 11 is 0. The molecule has 5 nitrogen and oxygen atoms in total. The summed E-state index contributed by atoms with van der Waals surface area (Å²) in [4.78, 5) is 15.9. The van der Waals surface area contributed by atoms with Crippen LogP contribution in [0.1, 0.15) is 66.4 Å². The number of aromatic carboxylic acids is 1. The topological polar surface area (TPSA) is 64.4 Å². The summed E-state index contributed by atoms with van der Waals surface area (Å²) in [7, 11) is 0. The third-order valence-electron chi connectivity index (χ3n) is 4.31. The minimum Gasteiger partial charge on any atom is -0.476 e. The Bertz CT molecular complexity index is 489. The maximum Gasteiger partial charge on any atom is 0.356 e. The molecule has 1 fully saturated rings. The molecule has 1 unspecified atom stereocenters. The van der Waals surface area contributed by atoms with Gasteiger partial charge in [-0.1, -0.05) is 6.92 Å². The first-order chi connectivity index (χ1) is 9.18. The van der Waals surface area contributed by atoms with Crippen LogP contribution >= 0.6 is 0 Å². The van der Waals surface area contributed by atoms with Gasteiger partial charge in [0.15, 0.2) is 5.69 Å². The van der Waals surface area contributed by atoms with Crippen LogP contribution in [0.2, 0.25) is 0 Å². The van der Waals surface area contributed by atoms with E-state index in [0.29, 0.717) is 11.8 Å². The van der Waals surface area contributed by atoms with E-state index in [4.69, 9.17) is 4.74 Å². The number of aromatic nitrogens is 2. The Balaban J connectivity index is 2.04. The predicted molar refractivity (Wildman–Crippen MR) is 69.6 cm³/mol. The molecule has 1 saturated heterocycles. The second-order valence-corrected chi connectivity index (χ2v) is 5.59. The Morgan fingerprint density at radius 3 is 2.79 bits per heavy atom. The number of ether oxygens (including phenoxy) is 1. The van der Waals surface area contributed by atoms with Crippen LogP contribution in [0.4, 0.5) is 0 Å². The van der Waals surface area contributed by atoms with Crippen LogP contribution in [0.5, 0.6) is 0 Å². The number of carbonyl (C=O) groups is 1. The van der Waals surface area contributed by atoms with E-state index in [9.17, 15) is 9.90 Å². The lowest BCUT2D eigenvalue weighted by molar-refractivity contribution is 0.0688. The van der Waals surface area contributed by atoms with Gasteiger partial charge in [-0.2, -0.15) is 0 Å². The molecule has 1 aromatic heterocycles. The van der Waals surface area contributed by atoms with Gasteiger partial charge in [0, 0.05) is 25.7 Å². The molecule has 19 heavy (non-hydrogen) atoms. The Labute approximate surface area is 112 Å². The average molecular weight is 264 g/mol. The first-order valence-corrected chi connectivity index (χ1v) is 7.10. The van der Waals surface area contributed by atoms with Crippen molar-refractivity contribution in [1.82, 2.24) is 9.55 Å². The number of hydrogen-bond acceptors (Lipinski definition) is 3. The molecule has 1 atom stereocenters. The van der Waals surface area contributed by atoms with Crippen molar-refractivity contribution in [2.24, 2.45) is 0 Å². The summed E-state index contributed by atoms with van der Waals surface area (Å²) in [5, 5.41) is 9.37. The fourth-order valence-corrected chi connectivity index (χ4v) is 3.33. The lowest BCUT2D eigenvalue weighted by Crippen LogP contribution is -2.21. The maximum atomic E-state index is 11.4. The van der Waals surface area contributed by atoms with Crippen molar-refractivity contribution in [3.05, 3.63) is 17.2 Å². The molecule has 5 heteroatoms. The van der Waals surface area contributed by atoms with E-state index in [1.165, 1.54) is 0 Å². The van der Waals surface area contributed by atoms with E-state index in [-0.39, 0.29) is 5.69 Å². The van der Waals surface area contributed by atoms with Crippen molar-refractivity contribution in [2.45, 2.75) is 51.0 Å². The SMILES string of the molecule is CC1CCCn2c(C3CCOCC3)nc(C(=O)O)c21. The molecular weight excluding hydrogens is 244 g/mol. The third-order valence-corrected chi connectivity index (χ3v) is 4.31. The van der Waals surface area contributed by atoms with Crippen LogP contribution in [0.25, 0.3) is 0 Å². The average Bonchev–Trinajstić information content (AvgIpc) is 2.81. The minimum absolute atomic E-state index is 0.272. The highest BCUT2D eigenvalue weighted by Gasteiger charge is 2.31. The fourth-order valence-electron chi connectivity index (χ4n) is 3.33. The molecule has 104 valence electrons. The zero-order valence-corrected chi connectivity index (χ0v) is 11.3. The molecule has 1 N–H and O–H groups in total. The van der Waals surface area contributed by atoms with E-state index in [0.717, 1.165) is 57.0 Å². The minimum atomic E-state index is -0.893. The molecule has 0 spiro atoms. The van der Waals surface area contributed by atoms with Crippen molar-refractivity contribution in [1.29, 1.82) is 0 Å². The van der Waals surface area contributed by atoms with Gasteiger partial charge in [0.2, 0.25) is 0 Å². The summed E-state index contributed by atoms with van der Waals surface area (Å²) in [6.45, 7) is 4.52. The van der Waals surface area contributed by atoms with Gasteiger partial charge in [-0.05, 0) is 31.6 Å². The van der Waals surface area contributed by atoms with Gasteiger partial charge in [0.25, 0.3) is 0 Å². The summed E-state index contributed by atoms with van der Waals surface area (Å²) in [6.07, 6.45) is 4.06. The van der Waals surface area contributed by atoms with Crippen molar-refractivity contribution in [3.63, 3.8) is 0 Å². The summed E-state index contributed by atoms with van der Waals surface area (Å²) in [6, 6.07) is 0. The highest BCUT2D eigenvalue weighted by Crippen LogP contribution is 2.35. The zero-order valence-electron chi connectivity index (χ0n) is 11.3. The second kappa shape index (κ2) is 4.96. The van der Waals surface area contributed by atoms with Crippen molar-refractivity contribution in [3.8, 4) is 0 Å². The molecule has 0 aliphatic carbocycles. The van der Waals surface area contributed by atoms with Gasteiger partial charge in [0.1, 0.15) is 5.82 Å². The van der Waals surface area contributed by atoms with Crippen molar-refractivity contribution in [2.75, 3.05) is 13.2 Å². The van der Waals surface area contributed by atoms with Crippen LogP contribution in [0.3, 0.4) is 0 Å². The Morgan fingerprint density at radius 1 is 1.37 bits per heavy atom. The Hall–Kier alpha value is -1.36. The molecule has 3 rings (SSSR count). The van der Waals surface area contributed by atoms with Gasteiger partial charge in [-0.3, -0.25) is 0 Å². The number of fused-ring (bicyclic) bond motifs is 1. The molecule has 0 aromatic carbocycles. The first-order valence-electron chi connectivity index (χ1n) is 7.10. The molecule has 0 saturated carbocycles. The quantitative estimate of drug-likeness (QED) is 0.890. The van der Waals surface area contributed by atoms with E-state index in [1.54, 1.807) is 0 Å². The number of rotatable bonds is 2. The van der Waals surface area contributed by atoms with E-state index in [1.807, 2.05) is 0 Å². The summed E-state index contributed by atoms with van der Waals surface area (Å²) < 4.78 is 7.56. The molecule has 0 radical (unpaired) electrons. The zero-order chi connectivity index (χ0) is 13.4. The molecule has 0 bridgehead atoms. The molecule has 0 amide bonds. The van der Waals surface area contributed by atoms with Crippen LogP contribution in [-0.2, 0) is 11.3 Å². The maximum absolute atomic E-state index is 11.4. The lowest BCUT2D eigenvalue weighted by Gasteiger charge is -2.27. The van der Waals surface area contributed by atoms with E-state index < -0.39 is 5.97 Å². The number of imidazole rings is 1. The molecule has 1 aromatic rings. The molecule has 2 aliphatic rings. The number of carboxylic acids is 1. The van der Waals surface area contributed by atoms with Crippen LogP contribution in [0.15, 0.2) is 0 Å². The molecular formula is C14H20N2O3. The van der Waals surface area contributed by atoms with Crippen molar-refractivity contribution < 1.29 is 14.6 Å². The summed E-state index contributed by atoms with van der Waals surface area (Å²) in [5.41, 5.74) is 1.20. The largest absolute Gasteiger partial charge is 0.476 e. The van der Waals surface area contributed by atoms with Gasteiger partial charge in [0.05, 0.1) is 5.69 Å². The van der Waals surface area contributed by atoms with Crippen molar-refractivity contribution >= 4 is 5.97 Å².